The molecule has 0 aliphatic heterocycles. The summed E-state index contributed by atoms with van der Waals surface area (Å²) in [6, 6.07) is 8.19. The lowest BCUT2D eigenvalue weighted by atomic mass is 10.1. The van der Waals surface area contributed by atoms with Crippen LogP contribution in [-0.2, 0) is 23.1 Å². The van der Waals surface area contributed by atoms with Crippen molar-refractivity contribution in [2.24, 2.45) is 0 Å². The number of benzene rings is 2. The van der Waals surface area contributed by atoms with Crippen LogP contribution in [0.5, 0.6) is 23.0 Å². The van der Waals surface area contributed by atoms with Gasteiger partial charge in [-0.15, -0.1) is 0 Å². The van der Waals surface area contributed by atoms with Crippen LogP contribution in [0.25, 0.3) is 11.0 Å². The van der Waals surface area contributed by atoms with Crippen molar-refractivity contribution in [3.8, 4) is 23.0 Å². The quantitative estimate of drug-likeness (QED) is 0.348. The number of nitrogens with one attached hydrogen (secondary N) is 1. The second-order valence-electron chi connectivity index (χ2n) is 7.12. The van der Waals surface area contributed by atoms with Gasteiger partial charge in [0.25, 0.3) is 5.76 Å². The molecule has 34 heavy (non-hydrogen) atoms. The third-order valence-corrected chi connectivity index (χ3v) is 4.16. The van der Waals surface area contributed by atoms with Crippen molar-refractivity contribution < 1.29 is 54.6 Å². The van der Waals surface area contributed by atoms with Gasteiger partial charge in [0.1, 0.15) is 23.8 Å². The number of methoxy groups -OCH3 is 1. The Morgan fingerprint density at radius 2 is 1.62 bits per heavy atom. The molecule has 0 saturated heterocycles. The largest absolute Gasteiger partial charge is 0.726 e. The maximum atomic E-state index is 13.7. The summed E-state index contributed by atoms with van der Waals surface area (Å²) in [4.78, 5) is 13.7. The Hall–Kier alpha value is -3.33. The van der Waals surface area contributed by atoms with Crippen LogP contribution in [0.3, 0.4) is 0 Å². The molecule has 3 aromatic rings. The molecule has 0 unspecified atom stereocenters. The van der Waals surface area contributed by atoms with E-state index in [9.17, 15) is 23.1 Å². The highest BCUT2D eigenvalue weighted by atomic mass is 32.3. The highest BCUT2D eigenvalue weighted by Crippen LogP contribution is 2.39. The fourth-order valence-electron chi connectivity index (χ4n) is 2.85. The molecule has 0 atom stereocenters. The lowest BCUT2D eigenvalue weighted by Gasteiger charge is -2.16. The number of alkyl halides is 3. The minimum absolute atomic E-state index is 0.0136. The predicted octanol–water partition coefficient (Wildman–Crippen LogP) is 1.97. The number of phenolic OH excluding ortho intramolecular Hbond substituents is 1. The van der Waals surface area contributed by atoms with E-state index in [0.717, 1.165) is 4.90 Å². The van der Waals surface area contributed by atoms with Gasteiger partial charge in [0.05, 0.1) is 32.2 Å². The molecule has 0 aliphatic carbocycles. The zero-order valence-corrected chi connectivity index (χ0v) is 18.8. The van der Waals surface area contributed by atoms with E-state index < -0.39 is 33.5 Å². The van der Waals surface area contributed by atoms with Gasteiger partial charge < -0.3 is 28.5 Å². The van der Waals surface area contributed by atoms with Gasteiger partial charge in [-0.25, -0.2) is 8.42 Å². The van der Waals surface area contributed by atoms with Crippen molar-refractivity contribution in [3.63, 3.8) is 0 Å². The number of ether oxygens (including phenoxy) is 2. The van der Waals surface area contributed by atoms with Gasteiger partial charge in [-0.05, 0) is 36.4 Å². The minimum Gasteiger partial charge on any atom is -0.726 e. The third kappa shape index (κ3) is 7.08. The lowest BCUT2D eigenvalue weighted by molar-refractivity contribution is -0.872. The van der Waals surface area contributed by atoms with Gasteiger partial charge >= 0.3 is 6.18 Å². The van der Waals surface area contributed by atoms with Crippen LogP contribution >= 0.6 is 0 Å². The number of phenols is 1. The van der Waals surface area contributed by atoms with Gasteiger partial charge in [-0.3, -0.25) is 9.35 Å². The first kappa shape index (κ1) is 26.9. The van der Waals surface area contributed by atoms with Gasteiger partial charge in [0, 0.05) is 0 Å². The first-order valence-corrected chi connectivity index (χ1v) is 10.7. The van der Waals surface area contributed by atoms with E-state index in [4.69, 9.17) is 31.4 Å². The molecule has 0 saturated carbocycles. The standard InChI is InChI=1S/C20H18F3NO5.H2O4S/c1-24(2)10-14-15(25)9-8-13-16(26)18(19(20(21,22)23)29-17(13)14)28-12-6-4-11(27-3)5-7-12;1-5(2,3)4/h4-9,25H,10H2,1-3H3;(H2,1,2,3,4). The third-order valence-electron chi connectivity index (χ3n) is 4.16. The van der Waals surface area contributed by atoms with Gasteiger partial charge in [0.2, 0.25) is 21.6 Å². The van der Waals surface area contributed by atoms with Crippen LogP contribution in [0.1, 0.15) is 11.3 Å². The fraction of sp³-hybridized carbons (Fsp3) is 0.250. The van der Waals surface area contributed by atoms with Crippen LogP contribution in [0.4, 0.5) is 13.2 Å². The maximum Gasteiger partial charge on any atom is 0.453 e. The SMILES string of the molecule is COc1ccc(Oc2c(C(F)(F)F)oc3c(C[NH+](C)C)c(O)ccc3c2=O)cc1.O=S(=O)([O-])O. The van der Waals surface area contributed by atoms with E-state index in [-0.39, 0.29) is 34.6 Å². The normalized spacial score (nSPS) is 11.8. The number of halogens is 3. The minimum atomic E-state index is -4.98. The highest BCUT2D eigenvalue weighted by molar-refractivity contribution is 7.79. The summed E-state index contributed by atoms with van der Waals surface area (Å²) in [5.74, 6) is -2.29. The van der Waals surface area contributed by atoms with Crippen LogP contribution < -0.4 is 19.8 Å². The Morgan fingerprint density at radius 3 is 2.09 bits per heavy atom. The van der Waals surface area contributed by atoms with Crippen LogP contribution in [0.15, 0.2) is 45.6 Å². The molecule has 1 aromatic heterocycles. The summed E-state index contributed by atoms with van der Waals surface area (Å²) < 4.78 is 89.2. The number of fused-ring (bicyclic) bond motifs is 1. The summed E-state index contributed by atoms with van der Waals surface area (Å²) in [6.07, 6.45) is -4.98. The smallest absolute Gasteiger partial charge is 0.453 e. The van der Waals surface area contributed by atoms with Gasteiger partial charge in [-0.1, -0.05) is 0 Å². The molecule has 0 bridgehead atoms. The van der Waals surface area contributed by atoms with Crippen molar-refractivity contribution in [1.82, 2.24) is 0 Å². The van der Waals surface area contributed by atoms with E-state index in [1.54, 1.807) is 14.1 Å². The first-order chi connectivity index (χ1) is 15.6. The Bertz CT molecular complexity index is 1310. The molecule has 0 amide bonds. The molecule has 0 aliphatic rings. The molecule has 3 rings (SSSR count). The fourth-order valence-corrected chi connectivity index (χ4v) is 2.85. The van der Waals surface area contributed by atoms with Crippen molar-refractivity contribution in [3.05, 3.63) is 57.9 Å². The Kier molecular flexibility index (Phi) is 8.15. The lowest BCUT2D eigenvalue weighted by Crippen LogP contribution is -3.04. The molecule has 0 spiro atoms. The first-order valence-electron chi connectivity index (χ1n) is 9.30. The molecule has 10 nitrogen and oxygen atoms in total. The van der Waals surface area contributed by atoms with Crippen molar-refractivity contribution in [1.29, 1.82) is 0 Å². The van der Waals surface area contributed by atoms with Crippen LogP contribution in [0.2, 0.25) is 0 Å². The van der Waals surface area contributed by atoms with E-state index in [2.05, 4.69) is 0 Å². The Balaban J connectivity index is 0.000000739. The average Bonchev–Trinajstić information content (AvgIpc) is 2.70. The molecule has 14 heteroatoms. The van der Waals surface area contributed by atoms with Crippen molar-refractivity contribution in [2.45, 2.75) is 12.7 Å². The maximum absolute atomic E-state index is 13.7. The van der Waals surface area contributed by atoms with E-state index in [0.29, 0.717) is 5.75 Å². The van der Waals surface area contributed by atoms with Crippen LogP contribution in [0, 0.1) is 0 Å². The summed E-state index contributed by atoms with van der Waals surface area (Å²) in [7, 11) is 0.0302. The molecule has 0 radical (unpaired) electrons. The zero-order valence-electron chi connectivity index (χ0n) is 18.0. The number of hydrogen-bond donors (Lipinski definition) is 3. The van der Waals surface area contributed by atoms with Gasteiger partial charge in [0.15, 0.2) is 5.58 Å². The highest BCUT2D eigenvalue weighted by Gasteiger charge is 2.41. The molecule has 186 valence electrons. The van der Waals surface area contributed by atoms with Crippen molar-refractivity contribution >= 4 is 21.4 Å². The Labute approximate surface area is 191 Å². The van der Waals surface area contributed by atoms with Crippen LogP contribution in [-0.4, -0.2) is 43.8 Å². The number of quaternary nitrogens is 1. The summed E-state index contributed by atoms with van der Waals surface area (Å²) in [5, 5.41) is 9.98. The summed E-state index contributed by atoms with van der Waals surface area (Å²) >= 11 is 0. The number of rotatable bonds is 5. The second-order valence-corrected chi connectivity index (χ2v) is 7.97. The predicted molar refractivity (Wildman–Crippen MR) is 111 cm³/mol. The average molecular weight is 507 g/mol. The molecule has 0 fully saturated rings. The molecule has 3 N–H and O–H groups in total. The number of aromatic hydroxyl groups is 1. The van der Waals surface area contributed by atoms with Gasteiger partial charge in [-0.2, -0.15) is 13.2 Å². The number of hydrogen-bond acceptors (Lipinski definition) is 8. The van der Waals surface area contributed by atoms with E-state index >= 15 is 0 Å². The molecule has 2 aromatic carbocycles. The summed E-state index contributed by atoms with van der Waals surface area (Å²) in [6.45, 7) is 0.155. The van der Waals surface area contributed by atoms with E-state index in [1.165, 1.54) is 43.5 Å². The molecule has 1 heterocycles. The Morgan fingerprint density at radius 1 is 1.09 bits per heavy atom. The second kappa shape index (κ2) is 10.3. The monoisotopic (exact) mass is 507 g/mol. The van der Waals surface area contributed by atoms with Crippen molar-refractivity contribution in [2.75, 3.05) is 21.2 Å². The summed E-state index contributed by atoms with van der Waals surface area (Å²) in [5.41, 5.74) is -1.18. The molecular formula is C20H20F3NO9S. The zero-order chi connectivity index (χ0) is 25.8. The molecular weight excluding hydrogens is 487 g/mol. The van der Waals surface area contributed by atoms with E-state index in [1.807, 2.05) is 0 Å². The topological polar surface area (TPSA) is 151 Å².